The molecule has 6 heteroatoms. The van der Waals surface area contributed by atoms with E-state index in [1.54, 1.807) is 13.0 Å². The fourth-order valence-electron chi connectivity index (χ4n) is 2.03. The van der Waals surface area contributed by atoms with Gasteiger partial charge >= 0.3 is 0 Å². The lowest BCUT2D eigenvalue weighted by Crippen LogP contribution is -2.40. The summed E-state index contributed by atoms with van der Waals surface area (Å²) in [6.45, 7) is 3.47. The monoisotopic (exact) mass is 236 g/mol. The highest BCUT2D eigenvalue weighted by atomic mass is 16.6. The molecule has 0 atom stereocenters. The second-order valence-electron chi connectivity index (χ2n) is 4.41. The molecule has 0 spiro atoms. The van der Waals surface area contributed by atoms with Crippen LogP contribution in [0.2, 0.25) is 0 Å². The first-order valence-electron chi connectivity index (χ1n) is 5.69. The second-order valence-corrected chi connectivity index (χ2v) is 4.41. The summed E-state index contributed by atoms with van der Waals surface area (Å²) in [6, 6.07) is 2.04. The summed E-state index contributed by atoms with van der Waals surface area (Å²) in [5.74, 6) is 0.806. The van der Waals surface area contributed by atoms with Crippen LogP contribution in [0.15, 0.2) is 12.3 Å². The minimum atomic E-state index is -0.405. The lowest BCUT2D eigenvalue weighted by molar-refractivity contribution is -0.385. The molecule has 2 N–H and O–H groups in total. The molecule has 1 aliphatic rings. The molecule has 0 bridgehead atoms. The number of nitrogens with two attached hydrogens (primary N) is 1. The zero-order valence-electron chi connectivity index (χ0n) is 9.80. The normalized spacial score (nSPS) is 17.2. The van der Waals surface area contributed by atoms with Gasteiger partial charge < -0.3 is 10.6 Å². The van der Waals surface area contributed by atoms with Crippen molar-refractivity contribution in [2.24, 2.45) is 5.73 Å². The van der Waals surface area contributed by atoms with Gasteiger partial charge in [-0.25, -0.2) is 4.98 Å². The van der Waals surface area contributed by atoms with Crippen molar-refractivity contribution in [2.45, 2.75) is 25.8 Å². The molecular weight excluding hydrogens is 220 g/mol. The van der Waals surface area contributed by atoms with Crippen LogP contribution in [0.1, 0.15) is 18.4 Å². The first-order chi connectivity index (χ1) is 8.08. The number of anilines is 1. The van der Waals surface area contributed by atoms with Crippen LogP contribution in [0, 0.1) is 17.0 Å². The van der Waals surface area contributed by atoms with Crippen molar-refractivity contribution >= 4 is 11.5 Å². The first kappa shape index (κ1) is 11.8. The Kier molecular flexibility index (Phi) is 3.23. The fraction of sp³-hybridized carbons (Fsp3) is 0.545. The Balaban J connectivity index is 2.17. The maximum atomic E-state index is 10.7. The average molecular weight is 236 g/mol. The lowest BCUT2D eigenvalue weighted by Gasteiger charge is -2.31. The molecule has 1 fully saturated rings. The van der Waals surface area contributed by atoms with Gasteiger partial charge in [0.2, 0.25) is 0 Å². The predicted octanol–water partition coefficient (Wildman–Crippen LogP) is 1.23. The van der Waals surface area contributed by atoms with E-state index in [2.05, 4.69) is 9.88 Å². The minimum Gasteiger partial charge on any atom is -0.356 e. The Morgan fingerprint density at radius 2 is 2.18 bits per heavy atom. The molecule has 1 aliphatic heterocycles. The number of piperidine rings is 1. The largest absolute Gasteiger partial charge is 0.356 e. The maximum Gasteiger partial charge on any atom is 0.290 e. The van der Waals surface area contributed by atoms with Gasteiger partial charge in [0.25, 0.3) is 5.69 Å². The van der Waals surface area contributed by atoms with Crippen molar-refractivity contribution in [3.05, 3.63) is 27.9 Å². The van der Waals surface area contributed by atoms with Crippen molar-refractivity contribution in [3.8, 4) is 0 Å². The molecule has 0 amide bonds. The molecular formula is C11H16N4O2. The van der Waals surface area contributed by atoms with Gasteiger partial charge in [-0.05, 0) is 25.8 Å². The van der Waals surface area contributed by atoms with Gasteiger partial charge in [-0.1, -0.05) is 0 Å². The summed E-state index contributed by atoms with van der Waals surface area (Å²) in [7, 11) is 0. The molecule has 6 nitrogen and oxygen atoms in total. The van der Waals surface area contributed by atoms with E-state index in [1.807, 2.05) is 0 Å². The van der Waals surface area contributed by atoms with Gasteiger partial charge in [0.15, 0.2) is 0 Å². The molecule has 1 aromatic heterocycles. The number of hydrogen-bond donors (Lipinski definition) is 1. The molecule has 1 aromatic rings. The Morgan fingerprint density at radius 3 is 2.71 bits per heavy atom. The van der Waals surface area contributed by atoms with Crippen LogP contribution >= 0.6 is 0 Å². The van der Waals surface area contributed by atoms with E-state index in [0.717, 1.165) is 31.7 Å². The summed E-state index contributed by atoms with van der Waals surface area (Å²) in [4.78, 5) is 16.6. The number of nitro groups is 1. The number of hydrogen-bond acceptors (Lipinski definition) is 5. The molecule has 2 heterocycles. The summed E-state index contributed by atoms with van der Waals surface area (Å²) in [6.07, 6.45) is 3.22. The Morgan fingerprint density at radius 1 is 1.53 bits per heavy atom. The fourth-order valence-corrected chi connectivity index (χ4v) is 2.03. The third kappa shape index (κ3) is 2.52. The Labute approximate surface area is 99.6 Å². The van der Waals surface area contributed by atoms with Gasteiger partial charge in [0, 0.05) is 24.7 Å². The summed E-state index contributed by atoms with van der Waals surface area (Å²) in [5.41, 5.74) is 6.55. The topological polar surface area (TPSA) is 85.3 Å². The molecule has 17 heavy (non-hydrogen) atoms. The molecule has 0 saturated carbocycles. The van der Waals surface area contributed by atoms with Crippen molar-refractivity contribution in [1.82, 2.24) is 4.98 Å². The van der Waals surface area contributed by atoms with E-state index in [1.165, 1.54) is 6.20 Å². The van der Waals surface area contributed by atoms with Crippen LogP contribution in [0.25, 0.3) is 0 Å². The predicted molar refractivity (Wildman–Crippen MR) is 65.1 cm³/mol. The highest BCUT2D eigenvalue weighted by Crippen LogP contribution is 2.23. The zero-order valence-corrected chi connectivity index (χ0v) is 9.80. The number of rotatable bonds is 2. The second kappa shape index (κ2) is 4.67. The SMILES string of the molecule is Cc1cc(N2CCC(N)CC2)ncc1[N+](=O)[O-]. The van der Waals surface area contributed by atoms with Crippen LogP contribution in [0.4, 0.5) is 11.5 Å². The van der Waals surface area contributed by atoms with Crippen molar-refractivity contribution in [1.29, 1.82) is 0 Å². The smallest absolute Gasteiger partial charge is 0.290 e. The van der Waals surface area contributed by atoms with Crippen LogP contribution < -0.4 is 10.6 Å². The molecule has 0 aromatic carbocycles. The van der Waals surface area contributed by atoms with Gasteiger partial charge in [-0.15, -0.1) is 0 Å². The highest BCUT2D eigenvalue weighted by Gasteiger charge is 2.19. The van der Waals surface area contributed by atoms with Gasteiger partial charge in [0.1, 0.15) is 12.0 Å². The molecule has 0 aliphatic carbocycles. The highest BCUT2D eigenvalue weighted by molar-refractivity contribution is 5.48. The van der Waals surface area contributed by atoms with Gasteiger partial charge in [-0.2, -0.15) is 0 Å². The lowest BCUT2D eigenvalue weighted by atomic mass is 10.1. The van der Waals surface area contributed by atoms with E-state index in [4.69, 9.17) is 5.73 Å². The minimum absolute atomic E-state index is 0.0717. The summed E-state index contributed by atoms with van der Waals surface area (Å²) >= 11 is 0. The van der Waals surface area contributed by atoms with E-state index in [-0.39, 0.29) is 11.7 Å². The van der Waals surface area contributed by atoms with Crippen LogP contribution in [-0.4, -0.2) is 29.0 Å². The quantitative estimate of drug-likeness (QED) is 0.616. The molecule has 92 valence electrons. The van der Waals surface area contributed by atoms with E-state index in [0.29, 0.717) is 5.56 Å². The average Bonchev–Trinajstić information content (AvgIpc) is 2.29. The Bertz CT molecular complexity index is 427. The maximum absolute atomic E-state index is 10.7. The van der Waals surface area contributed by atoms with E-state index in [9.17, 15) is 10.1 Å². The van der Waals surface area contributed by atoms with Crippen LogP contribution in [-0.2, 0) is 0 Å². The molecule has 0 radical (unpaired) electrons. The van der Waals surface area contributed by atoms with Crippen molar-refractivity contribution < 1.29 is 4.92 Å². The number of pyridine rings is 1. The van der Waals surface area contributed by atoms with E-state index < -0.39 is 4.92 Å². The van der Waals surface area contributed by atoms with Crippen molar-refractivity contribution in [2.75, 3.05) is 18.0 Å². The third-order valence-electron chi connectivity index (χ3n) is 3.13. The number of aromatic nitrogens is 1. The summed E-state index contributed by atoms with van der Waals surface area (Å²) < 4.78 is 0. The van der Waals surface area contributed by atoms with E-state index >= 15 is 0 Å². The van der Waals surface area contributed by atoms with Crippen molar-refractivity contribution in [3.63, 3.8) is 0 Å². The third-order valence-corrected chi connectivity index (χ3v) is 3.13. The number of nitrogens with zero attached hydrogens (tertiary/aromatic N) is 3. The zero-order chi connectivity index (χ0) is 12.4. The van der Waals surface area contributed by atoms with Crippen LogP contribution in [0.5, 0.6) is 0 Å². The van der Waals surface area contributed by atoms with Gasteiger partial charge in [-0.3, -0.25) is 10.1 Å². The Hall–Kier alpha value is -1.69. The van der Waals surface area contributed by atoms with Crippen LogP contribution in [0.3, 0.4) is 0 Å². The first-order valence-corrected chi connectivity index (χ1v) is 5.69. The standard InChI is InChI=1S/C11H16N4O2/c1-8-6-11(13-7-10(8)15(16)17)14-4-2-9(12)3-5-14/h6-7,9H,2-5,12H2,1H3. The van der Waals surface area contributed by atoms with Gasteiger partial charge in [0.05, 0.1) is 4.92 Å². The molecule has 1 saturated heterocycles. The number of aryl methyl sites for hydroxylation is 1. The summed E-state index contributed by atoms with van der Waals surface area (Å²) in [5, 5.41) is 10.7. The molecule has 2 rings (SSSR count). The molecule has 0 unspecified atom stereocenters.